The van der Waals surface area contributed by atoms with Crippen LogP contribution >= 0.6 is 11.6 Å². The Morgan fingerprint density at radius 3 is 2.26 bits per heavy atom. The Kier molecular flexibility index (Phi) is 15.0. The number of hydrogen-bond acceptors (Lipinski definition) is 13. The number of H-pyrrole nitrogens is 1. The first-order chi connectivity index (χ1) is 37.3. The smallest absolute Gasteiger partial charge is 0.348 e. The van der Waals surface area contributed by atoms with Gasteiger partial charge in [-0.3, -0.25) is 19.4 Å². The van der Waals surface area contributed by atoms with Crippen LogP contribution in [0.2, 0.25) is 5.02 Å². The lowest BCUT2D eigenvalue weighted by atomic mass is 9.71. The first-order valence-corrected chi connectivity index (χ1v) is 27.9. The Morgan fingerprint density at radius 2 is 1.55 bits per heavy atom. The molecule has 0 radical (unpaired) electrons. The number of likely N-dealkylation sites (tertiary alicyclic amines) is 3. The third-order valence-electron chi connectivity index (χ3n) is 17.2. The summed E-state index contributed by atoms with van der Waals surface area (Å²) in [5, 5.41) is 30.7. The lowest BCUT2D eigenvalue weighted by molar-refractivity contribution is -0.140. The lowest BCUT2D eigenvalue weighted by Gasteiger charge is -2.47. The van der Waals surface area contributed by atoms with Crippen LogP contribution in [-0.4, -0.2) is 152 Å². The molecule has 0 atom stereocenters. The number of phenols is 2. The number of carbonyl (C=O) groups is 2. The van der Waals surface area contributed by atoms with Crippen LogP contribution in [0.4, 0.5) is 11.5 Å². The summed E-state index contributed by atoms with van der Waals surface area (Å²) in [5.74, 6) is 1.30. The summed E-state index contributed by atoms with van der Waals surface area (Å²) in [6.45, 7) is 18.9. The Morgan fingerprint density at radius 1 is 0.831 bits per heavy atom. The second kappa shape index (κ2) is 22.2. The molecule has 0 aliphatic carbocycles. The van der Waals surface area contributed by atoms with Crippen molar-refractivity contribution in [1.82, 2.24) is 44.3 Å². The highest BCUT2D eigenvalue weighted by Crippen LogP contribution is 2.43. The zero-order valence-corrected chi connectivity index (χ0v) is 45.1. The number of hydrogen-bond donors (Lipinski definition) is 3. The molecule has 77 heavy (non-hydrogen) atoms. The number of phenolic OH excluding ortho intramolecular Hbond substituents is 2. The zero-order valence-electron chi connectivity index (χ0n) is 44.3. The summed E-state index contributed by atoms with van der Waals surface area (Å²) < 4.78 is 7.89. The van der Waals surface area contributed by atoms with E-state index >= 15 is 0 Å². The number of rotatable bonds is 13. The molecule has 1 spiro atoms. The van der Waals surface area contributed by atoms with Crippen molar-refractivity contribution in [3.63, 3.8) is 0 Å². The molecule has 17 nitrogen and oxygen atoms in total. The standard InChI is InChI=1S/C59H70ClN11O6/c1-4-52(74)67-29-31-68(32-30-67)54-44-17-24-70(49-10-6-8-41-7-5-9-47(60)53(41)49)38-48(44)61-57(62-54)77-34-33-65-25-18-59(19-26-65)20-27-69(28-21-59)56(75)42-15-22-66(23-16-42)37-40-11-13-43(14-12-40)71-55(63-64-58(71)76)46-35-45(39(2)3)50(72)36-51(46)73/h4-14,35-36,39,42,72-73H,1,15-34,37-38H2,2-3H3,(H,64,76). The number of anilines is 2. The van der Waals surface area contributed by atoms with Gasteiger partial charge in [-0.1, -0.05) is 68.4 Å². The van der Waals surface area contributed by atoms with E-state index in [-0.39, 0.29) is 40.5 Å². The molecule has 2 amide bonds. The van der Waals surface area contributed by atoms with Crippen LogP contribution in [0.25, 0.3) is 27.8 Å². The zero-order chi connectivity index (χ0) is 53.4. The molecule has 5 aliphatic rings. The summed E-state index contributed by atoms with van der Waals surface area (Å²) in [6, 6.07) is 23.5. The van der Waals surface area contributed by atoms with E-state index in [0.717, 1.165) is 148 Å². The highest BCUT2D eigenvalue weighted by atomic mass is 35.5. The minimum absolute atomic E-state index is 0.0000817. The maximum atomic E-state index is 13.9. The average molecular weight is 1060 g/mol. The number of aromatic amines is 1. The van der Waals surface area contributed by atoms with E-state index in [1.807, 2.05) is 55.1 Å². The molecule has 7 heterocycles. The highest BCUT2D eigenvalue weighted by Gasteiger charge is 2.40. The number of nitrogens with one attached hydrogen (secondary N) is 1. The molecule has 3 N–H and O–H groups in total. The highest BCUT2D eigenvalue weighted by molar-refractivity contribution is 6.36. The summed E-state index contributed by atoms with van der Waals surface area (Å²) in [4.78, 5) is 63.0. The fourth-order valence-electron chi connectivity index (χ4n) is 12.5. The molecule has 2 aromatic heterocycles. The van der Waals surface area contributed by atoms with Crippen molar-refractivity contribution in [1.29, 1.82) is 0 Å². The Balaban J connectivity index is 0.650. The SMILES string of the molecule is C=CC(=O)N1CCN(c2nc(OCCN3CCC4(CC3)CCN(C(=O)C3CCN(Cc5ccc(-n6c(-c7cc(C(C)C)c(O)cc7O)n[nH]c6=O)cc5)CC3)CC4)nc3c2CCN(c2cccc4cccc(Cl)c24)C3)CC1. The molecule has 5 aliphatic heterocycles. The van der Waals surface area contributed by atoms with E-state index < -0.39 is 5.69 Å². The fourth-order valence-corrected chi connectivity index (χ4v) is 12.8. The van der Waals surface area contributed by atoms with Gasteiger partial charge in [0.15, 0.2) is 5.82 Å². The maximum Gasteiger partial charge on any atom is 0.348 e. The number of aromatic nitrogens is 5. The minimum Gasteiger partial charge on any atom is -0.508 e. The molecule has 4 aromatic carbocycles. The van der Waals surface area contributed by atoms with Gasteiger partial charge in [-0.25, -0.2) is 14.5 Å². The Bertz CT molecular complexity index is 3190. The molecular formula is C59H70ClN11O6. The van der Waals surface area contributed by atoms with Crippen LogP contribution in [0, 0.1) is 11.3 Å². The van der Waals surface area contributed by atoms with Gasteiger partial charge in [0, 0.05) is 87.5 Å². The number of nitrogens with zero attached hydrogens (tertiary/aromatic N) is 10. The van der Waals surface area contributed by atoms with Gasteiger partial charge >= 0.3 is 11.7 Å². The Labute approximate surface area is 454 Å². The van der Waals surface area contributed by atoms with Gasteiger partial charge in [0.2, 0.25) is 11.8 Å². The summed E-state index contributed by atoms with van der Waals surface area (Å²) in [5.41, 5.74) is 5.74. The lowest BCUT2D eigenvalue weighted by Crippen LogP contribution is -2.50. The first-order valence-electron chi connectivity index (χ1n) is 27.5. The number of carbonyl (C=O) groups excluding carboxylic acids is 2. The van der Waals surface area contributed by atoms with E-state index in [2.05, 4.69) is 65.5 Å². The van der Waals surface area contributed by atoms with Gasteiger partial charge < -0.3 is 34.5 Å². The minimum atomic E-state index is -0.427. The molecule has 6 aromatic rings. The van der Waals surface area contributed by atoms with Crippen molar-refractivity contribution in [2.24, 2.45) is 11.3 Å². The molecule has 4 fully saturated rings. The number of aromatic hydroxyl groups is 2. The summed E-state index contributed by atoms with van der Waals surface area (Å²) >= 11 is 6.80. The molecule has 0 unspecified atom stereocenters. The quantitative estimate of drug-likeness (QED) is 0.0958. The normalized spacial score (nSPS) is 18.5. The third-order valence-corrected chi connectivity index (χ3v) is 17.5. The Hall–Kier alpha value is -6.95. The van der Waals surface area contributed by atoms with Gasteiger partial charge in [0.25, 0.3) is 0 Å². The summed E-state index contributed by atoms with van der Waals surface area (Å²) in [6.07, 6.45) is 8.16. The second-order valence-corrected chi connectivity index (χ2v) is 22.5. The predicted molar refractivity (Wildman–Crippen MR) is 299 cm³/mol. The monoisotopic (exact) mass is 1060 g/mol. The second-order valence-electron chi connectivity index (χ2n) is 22.1. The summed E-state index contributed by atoms with van der Waals surface area (Å²) in [7, 11) is 0. The topological polar surface area (TPSA) is 180 Å². The van der Waals surface area contributed by atoms with Crippen LogP contribution < -0.4 is 20.2 Å². The van der Waals surface area contributed by atoms with E-state index in [1.54, 1.807) is 6.07 Å². The van der Waals surface area contributed by atoms with Crippen molar-refractivity contribution < 1.29 is 24.5 Å². The predicted octanol–water partition coefficient (Wildman–Crippen LogP) is 7.75. The van der Waals surface area contributed by atoms with Crippen molar-refractivity contribution in [2.45, 2.75) is 77.8 Å². The van der Waals surface area contributed by atoms with Gasteiger partial charge in [-0.05, 0) is 135 Å². The molecular weight excluding hydrogens is 994 g/mol. The number of fused-ring (bicyclic) bond motifs is 2. The van der Waals surface area contributed by atoms with E-state index in [9.17, 15) is 24.6 Å². The molecule has 404 valence electrons. The van der Waals surface area contributed by atoms with E-state index in [4.69, 9.17) is 26.3 Å². The number of halogens is 1. The van der Waals surface area contributed by atoms with Crippen molar-refractivity contribution in [2.75, 3.05) is 94.9 Å². The number of ether oxygens (including phenoxy) is 1. The van der Waals surface area contributed by atoms with Crippen LogP contribution in [0.1, 0.15) is 80.7 Å². The molecule has 18 heteroatoms. The van der Waals surface area contributed by atoms with Gasteiger partial charge in [0.1, 0.15) is 23.9 Å². The van der Waals surface area contributed by atoms with Crippen LogP contribution in [0.15, 0.2) is 90.2 Å². The average Bonchev–Trinajstić information content (AvgIpc) is 3.83. The number of benzene rings is 4. The van der Waals surface area contributed by atoms with Crippen molar-refractivity contribution in [3.05, 3.63) is 123 Å². The van der Waals surface area contributed by atoms with Crippen LogP contribution in [0.5, 0.6) is 17.5 Å². The van der Waals surface area contributed by atoms with Gasteiger partial charge in [0.05, 0.1) is 28.5 Å². The largest absolute Gasteiger partial charge is 0.508 e. The number of amides is 2. The fraction of sp³-hybridized carbons (Fsp3) is 0.458. The van der Waals surface area contributed by atoms with Crippen molar-refractivity contribution in [3.8, 4) is 34.6 Å². The number of piperidine rings is 3. The first kappa shape index (κ1) is 52.1. The van der Waals surface area contributed by atoms with E-state index in [1.165, 1.54) is 16.7 Å². The molecule has 0 saturated carbocycles. The molecule has 11 rings (SSSR count). The maximum absolute atomic E-state index is 13.9. The molecule has 0 bridgehead atoms. The number of piperazine rings is 1. The van der Waals surface area contributed by atoms with Gasteiger partial charge in [-0.2, -0.15) is 15.1 Å². The third kappa shape index (κ3) is 10.9. The molecule has 4 saturated heterocycles. The van der Waals surface area contributed by atoms with Crippen molar-refractivity contribution >= 4 is 45.7 Å². The van der Waals surface area contributed by atoms with Crippen LogP contribution in [-0.2, 0) is 29.1 Å². The van der Waals surface area contributed by atoms with Crippen LogP contribution in [0.3, 0.4) is 0 Å². The van der Waals surface area contributed by atoms with Gasteiger partial charge in [-0.15, -0.1) is 0 Å². The van der Waals surface area contributed by atoms with E-state index in [0.29, 0.717) is 68.1 Å².